The van der Waals surface area contributed by atoms with Gasteiger partial charge in [-0.15, -0.1) is 0 Å². The molecule has 0 amide bonds. The molecule has 1 heteroatoms. The minimum atomic E-state index is 0.221. The third-order valence-corrected chi connectivity index (χ3v) is 3.39. The summed E-state index contributed by atoms with van der Waals surface area (Å²) >= 11 is 0. The van der Waals surface area contributed by atoms with E-state index in [9.17, 15) is 0 Å². The highest BCUT2D eigenvalue weighted by molar-refractivity contribution is 5.26. The molecule has 0 fully saturated rings. The van der Waals surface area contributed by atoms with Crippen molar-refractivity contribution < 1.29 is 0 Å². The number of benzene rings is 1. The van der Waals surface area contributed by atoms with Gasteiger partial charge in [0.05, 0.1) is 0 Å². The van der Waals surface area contributed by atoms with Crippen molar-refractivity contribution in [3.63, 3.8) is 0 Å². The van der Waals surface area contributed by atoms with Crippen LogP contribution in [0.15, 0.2) is 24.3 Å². The summed E-state index contributed by atoms with van der Waals surface area (Å²) in [5, 5.41) is 3.58. The van der Waals surface area contributed by atoms with E-state index < -0.39 is 0 Å². The lowest BCUT2D eigenvalue weighted by Crippen LogP contribution is -2.38. The Bertz CT molecular complexity index is 371. The van der Waals surface area contributed by atoms with Crippen LogP contribution in [0.3, 0.4) is 0 Å². The molecule has 1 aromatic carbocycles. The van der Waals surface area contributed by atoms with Gasteiger partial charge in [0.2, 0.25) is 0 Å². The van der Waals surface area contributed by atoms with Gasteiger partial charge in [-0.05, 0) is 63.6 Å². The Labute approximate surface area is 113 Å². The van der Waals surface area contributed by atoms with Gasteiger partial charge >= 0.3 is 0 Å². The number of rotatable bonds is 5. The topological polar surface area (TPSA) is 12.0 Å². The van der Waals surface area contributed by atoms with Gasteiger partial charge in [-0.3, -0.25) is 0 Å². The van der Waals surface area contributed by atoms with Gasteiger partial charge in [-0.1, -0.05) is 38.1 Å². The monoisotopic (exact) mass is 247 g/mol. The fraction of sp³-hybridized carbons (Fsp3) is 0.647. The molecule has 0 unspecified atom stereocenters. The summed E-state index contributed by atoms with van der Waals surface area (Å²) in [5.41, 5.74) is 3.47. The zero-order chi connectivity index (χ0) is 13.8. The lowest BCUT2D eigenvalue weighted by molar-refractivity contribution is 0.302. The van der Waals surface area contributed by atoms with E-state index in [1.165, 1.54) is 17.5 Å². The molecule has 1 nitrogen and oxygen atoms in total. The van der Waals surface area contributed by atoms with Gasteiger partial charge in [0, 0.05) is 5.54 Å². The minimum absolute atomic E-state index is 0.221. The van der Waals surface area contributed by atoms with E-state index in [1.54, 1.807) is 0 Å². The first-order valence-corrected chi connectivity index (χ1v) is 6.99. The zero-order valence-corrected chi connectivity index (χ0v) is 12.9. The molecule has 0 aliphatic rings. The van der Waals surface area contributed by atoms with E-state index in [4.69, 9.17) is 0 Å². The summed E-state index contributed by atoms with van der Waals surface area (Å²) in [5.74, 6) is 0. The highest BCUT2D eigenvalue weighted by Gasteiger charge is 2.20. The lowest BCUT2D eigenvalue weighted by atomic mass is 9.81. The van der Waals surface area contributed by atoms with Gasteiger partial charge in [0.1, 0.15) is 0 Å². The normalized spacial score (nSPS) is 12.8. The molecule has 1 rings (SSSR count). The zero-order valence-electron chi connectivity index (χ0n) is 12.9. The second kappa shape index (κ2) is 5.88. The molecule has 1 aromatic rings. The quantitative estimate of drug-likeness (QED) is 0.816. The van der Waals surface area contributed by atoms with Gasteiger partial charge in [-0.2, -0.15) is 0 Å². The van der Waals surface area contributed by atoms with Crippen LogP contribution in [0.4, 0.5) is 0 Å². The Hall–Kier alpha value is -0.820. The van der Waals surface area contributed by atoms with Crippen molar-refractivity contribution in [1.29, 1.82) is 0 Å². The highest BCUT2D eigenvalue weighted by Crippen LogP contribution is 2.27. The molecular formula is C17H29N. The molecule has 102 valence electrons. The van der Waals surface area contributed by atoms with Crippen LogP contribution in [0.1, 0.15) is 52.2 Å². The van der Waals surface area contributed by atoms with Gasteiger partial charge in [0.15, 0.2) is 0 Å². The molecule has 0 bridgehead atoms. The number of hydrogen-bond acceptors (Lipinski definition) is 1. The molecule has 0 aliphatic heterocycles. The van der Waals surface area contributed by atoms with E-state index in [2.05, 4.69) is 71.1 Å². The average Bonchev–Trinajstić information content (AvgIpc) is 2.18. The fourth-order valence-corrected chi connectivity index (χ4v) is 2.19. The van der Waals surface area contributed by atoms with Crippen LogP contribution in [-0.4, -0.2) is 12.1 Å². The first kappa shape index (κ1) is 15.2. The smallest absolute Gasteiger partial charge is 0.00965 e. The Kier molecular flexibility index (Phi) is 4.98. The maximum absolute atomic E-state index is 3.58. The van der Waals surface area contributed by atoms with Crippen molar-refractivity contribution in [1.82, 2.24) is 5.32 Å². The maximum Gasteiger partial charge on any atom is 0.00965 e. The summed E-state index contributed by atoms with van der Waals surface area (Å²) in [6, 6.07) is 8.73. The average molecular weight is 247 g/mol. The Morgan fingerprint density at radius 1 is 1.00 bits per heavy atom. The number of hydrogen-bond donors (Lipinski definition) is 1. The summed E-state index contributed by atoms with van der Waals surface area (Å²) < 4.78 is 0. The lowest BCUT2D eigenvalue weighted by Gasteiger charge is -2.28. The summed E-state index contributed by atoms with van der Waals surface area (Å²) in [6.45, 7) is 14.7. The third kappa shape index (κ3) is 5.68. The molecule has 1 N–H and O–H groups in total. The molecule has 0 atom stereocenters. The standard InChI is InChI=1S/C17H29N/c1-14-9-7-8-10-15(14)13-17(5,6)11-12-18-16(2,3)4/h7-10,18H,11-13H2,1-6H3. The van der Waals surface area contributed by atoms with Gasteiger partial charge in [-0.25, -0.2) is 0 Å². The molecule has 0 radical (unpaired) electrons. The van der Waals surface area contributed by atoms with Crippen LogP contribution in [0, 0.1) is 12.3 Å². The molecule has 0 spiro atoms. The molecule has 0 saturated carbocycles. The fourth-order valence-electron chi connectivity index (χ4n) is 2.19. The first-order chi connectivity index (χ1) is 8.20. The molecule has 0 saturated heterocycles. The minimum Gasteiger partial charge on any atom is -0.312 e. The van der Waals surface area contributed by atoms with Crippen LogP contribution in [-0.2, 0) is 6.42 Å². The van der Waals surface area contributed by atoms with Gasteiger partial charge in [0.25, 0.3) is 0 Å². The largest absolute Gasteiger partial charge is 0.312 e. The van der Waals surface area contributed by atoms with Crippen LogP contribution in [0.25, 0.3) is 0 Å². The van der Waals surface area contributed by atoms with Crippen LogP contribution >= 0.6 is 0 Å². The van der Waals surface area contributed by atoms with Crippen molar-refractivity contribution in [3.8, 4) is 0 Å². The van der Waals surface area contributed by atoms with E-state index >= 15 is 0 Å². The summed E-state index contributed by atoms with van der Waals surface area (Å²) in [4.78, 5) is 0. The predicted octanol–water partition coefficient (Wildman–Crippen LogP) is 4.34. The number of aryl methyl sites for hydroxylation is 1. The highest BCUT2D eigenvalue weighted by atomic mass is 14.9. The molecule has 0 aromatic heterocycles. The van der Waals surface area contributed by atoms with E-state index in [0.717, 1.165) is 13.0 Å². The number of nitrogens with one attached hydrogen (secondary N) is 1. The SMILES string of the molecule is Cc1ccccc1CC(C)(C)CCNC(C)(C)C. The van der Waals surface area contributed by atoms with Crippen molar-refractivity contribution in [2.24, 2.45) is 5.41 Å². The Morgan fingerprint density at radius 2 is 1.61 bits per heavy atom. The Balaban J connectivity index is 2.52. The first-order valence-electron chi connectivity index (χ1n) is 6.99. The third-order valence-electron chi connectivity index (χ3n) is 3.39. The van der Waals surface area contributed by atoms with Gasteiger partial charge < -0.3 is 5.32 Å². The van der Waals surface area contributed by atoms with E-state index in [0.29, 0.717) is 5.41 Å². The molecule has 18 heavy (non-hydrogen) atoms. The second-order valence-corrected chi connectivity index (χ2v) is 7.19. The van der Waals surface area contributed by atoms with Crippen LogP contribution in [0.5, 0.6) is 0 Å². The summed E-state index contributed by atoms with van der Waals surface area (Å²) in [7, 11) is 0. The molecular weight excluding hydrogens is 218 g/mol. The maximum atomic E-state index is 3.58. The van der Waals surface area contributed by atoms with Crippen molar-refractivity contribution >= 4 is 0 Å². The van der Waals surface area contributed by atoms with Crippen molar-refractivity contribution in [3.05, 3.63) is 35.4 Å². The molecule has 0 aliphatic carbocycles. The van der Waals surface area contributed by atoms with E-state index in [-0.39, 0.29) is 5.54 Å². The molecule has 0 heterocycles. The van der Waals surface area contributed by atoms with E-state index in [1.807, 2.05) is 0 Å². The second-order valence-electron chi connectivity index (χ2n) is 7.19. The van der Waals surface area contributed by atoms with Crippen molar-refractivity contribution in [2.45, 2.75) is 59.9 Å². The van der Waals surface area contributed by atoms with Crippen molar-refractivity contribution in [2.75, 3.05) is 6.54 Å². The van der Waals surface area contributed by atoms with Crippen LogP contribution in [0.2, 0.25) is 0 Å². The van der Waals surface area contributed by atoms with Crippen LogP contribution < -0.4 is 5.32 Å². The predicted molar refractivity (Wildman–Crippen MR) is 81.0 cm³/mol. The Morgan fingerprint density at radius 3 is 2.17 bits per heavy atom. The summed E-state index contributed by atoms with van der Waals surface area (Å²) in [6.07, 6.45) is 2.37.